The maximum Gasteiger partial charge on any atom is 0.258 e. The summed E-state index contributed by atoms with van der Waals surface area (Å²) in [5, 5.41) is 7.11. The lowest BCUT2D eigenvalue weighted by molar-refractivity contribution is 0.225. The zero-order valence-electron chi connectivity index (χ0n) is 10.8. The van der Waals surface area contributed by atoms with Gasteiger partial charge in [0.15, 0.2) is 5.82 Å². The van der Waals surface area contributed by atoms with Gasteiger partial charge in [0.25, 0.3) is 5.89 Å². The molecule has 1 N–H and O–H groups in total. The van der Waals surface area contributed by atoms with Crippen LogP contribution in [0.3, 0.4) is 0 Å². The van der Waals surface area contributed by atoms with Gasteiger partial charge in [0, 0.05) is 37.8 Å². The molecule has 1 aliphatic heterocycles. The van der Waals surface area contributed by atoms with Crippen LogP contribution in [0.15, 0.2) is 22.7 Å². The van der Waals surface area contributed by atoms with Crippen LogP contribution in [-0.2, 0) is 6.54 Å². The number of hydrogen-bond acceptors (Lipinski definition) is 5. The molecule has 0 radical (unpaired) electrons. The summed E-state index contributed by atoms with van der Waals surface area (Å²) in [7, 11) is 0. The Kier molecular flexibility index (Phi) is 3.70. The highest BCUT2D eigenvalue weighted by Gasteiger charge is 2.15. The summed E-state index contributed by atoms with van der Waals surface area (Å²) < 4.78 is 31.4. The van der Waals surface area contributed by atoms with Gasteiger partial charge >= 0.3 is 0 Å². The maximum atomic E-state index is 13.1. The molecule has 0 saturated carbocycles. The lowest BCUT2D eigenvalue weighted by Crippen LogP contribution is -2.43. The summed E-state index contributed by atoms with van der Waals surface area (Å²) in [6.45, 7) is 4.26. The van der Waals surface area contributed by atoms with E-state index in [1.807, 2.05) is 0 Å². The molecule has 0 spiro atoms. The van der Waals surface area contributed by atoms with Crippen molar-refractivity contribution in [1.29, 1.82) is 0 Å². The summed E-state index contributed by atoms with van der Waals surface area (Å²) in [5.74, 6) is -0.677. The first-order valence-corrected chi connectivity index (χ1v) is 6.43. The van der Waals surface area contributed by atoms with E-state index < -0.39 is 11.6 Å². The Balaban J connectivity index is 1.75. The fraction of sp³-hybridized carbons (Fsp3) is 0.385. The van der Waals surface area contributed by atoms with Gasteiger partial charge in [-0.05, 0) is 12.1 Å². The van der Waals surface area contributed by atoms with E-state index in [4.69, 9.17) is 4.52 Å². The molecule has 5 nitrogen and oxygen atoms in total. The van der Waals surface area contributed by atoms with Crippen LogP contribution in [0.1, 0.15) is 5.82 Å². The predicted octanol–water partition coefficient (Wildman–Crippen LogP) is 1.42. The smallest absolute Gasteiger partial charge is 0.258 e. The van der Waals surface area contributed by atoms with E-state index in [1.165, 1.54) is 12.1 Å². The average Bonchev–Trinajstić information content (AvgIpc) is 2.87. The Labute approximate surface area is 114 Å². The van der Waals surface area contributed by atoms with E-state index in [9.17, 15) is 8.78 Å². The number of piperazine rings is 1. The van der Waals surface area contributed by atoms with Crippen molar-refractivity contribution in [2.24, 2.45) is 0 Å². The number of nitrogens with one attached hydrogen (secondary N) is 1. The van der Waals surface area contributed by atoms with Crippen molar-refractivity contribution in [3.63, 3.8) is 0 Å². The van der Waals surface area contributed by atoms with Crippen molar-refractivity contribution in [1.82, 2.24) is 20.4 Å². The van der Waals surface area contributed by atoms with Crippen LogP contribution in [0.5, 0.6) is 0 Å². The number of nitrogens with zero attached hydrogens (tertiary/aromatic N) is 3. The number of rotatable bonds is 3. The van der Waals surface area contributed by atoms with Crippen LogP contribution < -0.4 is 5.32 Å². The second-order valence-electron chi connectivity index (χ2n) is 4.70. The zero-order valence-corrected chi connectivity index (χ0v) is 10.8. The van der Waals surface area contributed by atoms with Crippen LogP contribution >= 0.6 is 0 Å². The normalized spacial score (nSPS) is 16.5. The molecule has 1 aromatic heterocycles. The van der Waals surface area contributed by atoms with Gasteiger partial charge in [-0.25, -0.2) is 8.78 Å². The van der Waals surface area contributed by atoms with Crippen LogP contribution in [0, 0.1) is 11.6 Å². The number of benzene rings is 1. The molecule has 7 heteroatoms. The fourth-order valence-corrected chi connectivity index (χ4v) is 2.18. The van der Waals surface area contributed by atoms with Gasteiger partial charge in [-0.1, -0.05) is 5.16 Å². The molecule has 20 heavy (non-hydrogen) atoms. The molecule has 2 heterocycles. The van der Waals surface area contributed by atoms with E-state index in [-0.39, 0.29) is 11.5 Å². The highest BCUT2D eigenvalue weighted by atomic mass is 19.1. The lowest BCUT2D eigenvalue weighted by atomic mass is 10.2. The van der Waals surface area contributed by atoms with Gasteiger partial charge in [-0.3, -0.25) is 4.90 Å². The highest BCUT2D eigenvalue weighted by molar-refractivity contribution is 5.52. The number of aromatic nitrogens is 2. The summed E-state index contributed by atoms with van der Waals surface area (Å²) in [5.41, 5.74) is 0.251. The van der Waals surface area contributed by atoms with Crippen molar-refractivity contribution in [2.75, 3.05) is 26.2 Å². The fourth-order valence-electron chi connectivity index (χ4n) is 2.18. The monoisotopic (exact) mass is 280 g/mol. The van der Waals surface area contributed by atoms with E-state index in [2.05, 4.69) is 20.4 Å². The third-order valence-electron chi connectivity index (χ3n) is 3.15. The molecule has 0 aliphatic carbocycles. The first-order valence-electron chi connectivity index (χ1n) is 6.43. The Morgan fingerprint density at radius 2 is 1.85 bits per heavy atom. The van der Waals surface area contributed by atoms with Gasteiger partial charge < -0.3 is 9.84 Å². The molecule has 2 aromatic rings. The quantitative estimate of drug-likeness (QED) is 0.921. The van der Waals surface area contributed by atoms with Crippen LogP contribution in [-0.4, -0.2) is 41.2 Å². The zero-order chi connectivity index (χ0) is 13.9. The Morgan fingerprint density at radius 3 is 2.55 bits per heavy atom. The minimum Gasteiger partial charge on any atom is -0.334 e. The molecule has 1 saturated heterocycles. The molecule has 0 atom stereocenters. The Bertz CT molecular complexity index is 576. The van der Waals surface area contributed by atoms with Crippen LogP contribution in [0.4, 0.5) is 8.78 Å². The second kappa shape index (κ2) is 5.64. The van der Waals surface area contributed by atoms with Gasteiger partial charge in [-0.2, -0.15) is 4.98 Å². The minimum atomic E-state index is -0.665. The van der Waals surface area contributed by atoms with Crippen molar-refractivity contribution in [3.8, 4) is 11.5 Å². The van der Waals surface area contributed by atoms with E-state index in [0.29, 0.717) is 12.4 Å². The van der Waals surface area contributed by atoms with E-state index >= 15 is 0 Å². The van der Waals surface area contributed by atoms with E-state index in [0.717, 1.165) is 32.2 Å². The predicted molar refractivity (Wildman–Crippen MR) is 67.8 cm³/mol. The summed E-state index contributed by atoms with van der Waals surface area (Å²) in [6, 6.07) is 3.15. The van der Waals surface area contributed by atoms with Gasteiger partial charge in [-0.15, -0.1) is 0 Å². The third kappa shape index (κ3) is 3.00. The lowest BCUT2D eigenvalue weighted by Gasteiger charge is -2.25. The molecule has 0 unspecified atom stereocenters. The first kappa shape index (κ1) is 13.1. The molecule has 3 rings (SSSR count). The average molecular weight is 280 g/mol. The summed E-state index contributed by atoms with van der Waals surface area (Å²) in [4.78, 5) is 6.38. The van der Waals surface area contributed by atoms with Crippen LogP contribution in [0.25, 0.3) is 11.5 Å². The molecule has 1 aromatic carbocycles. The van der Waals surface area contributed by atoms with Gasteiger partial charge in [0.2, 0.25) is 0 Å². The highest BCUT2D eigenvalue weighted by Crippen LogP contribution is 2.20. The van der Waals surface area contributed by atoms with Crippen molar-refractivity contribution >= 4 is 0 Å². The SMILES string of the molecule is Fc1cc(F)cc(-c2nc(CN3CCNCC3)no2)c1. The van der Waals surface area contributed by atoms with Gasteiger partial charge in [0.1, 0.15) is 11.6 Å². The minimum absolute atomic E-state index is 0.133. The molecular weight excluding hydrogens is 266 g/mol. The van der Waals surface area contributed by atoms with Crippen molar-refractivity contribution in [3.05, 3.63) is 35.7 Å². The van der Waals surface area contributed by atoms with Crippen molar-refractivity contribution < 1.29 is 13.3 Å². The third-order valence-corrected chi connectivity index (χ3v) is 3.15. The molecule has 0 bridgehead atoms. The Morgan fingerprint density at radius 1 is 1.15 bits per heavy atom. The molecule has 0 amide bonds. The number of halogens is 2. The van der Waals surface area contributed by atoms with Gasteiger partial charge in [0.05, 0.1) is 6.54 Å². The molecule has 106 valence electrons. The molecule has 1 fully saturated rings. The molecular formula is C13H14F2N4O. The topological polar surface area (TPSA) is 54.2 Å². The standard InChI is InChI=1S/C13H14F2N4O/c14-10-5-9(6-11(15)7-10)13-17-12(18-20-13)8-19-3-1-16-2-4-19/h5-7,16H,1-4,8H2. The summed E-state index contributed by atoms with van der Waals surface area (Å²) >= 11 is 0. The first-order chi connectivity index (χ1) is 9.70. The number of hydrogen-bond donors (Lipinski definition) is 1. The molecule has 1 aliphatic rings. The second-order valence-corrected chi connectivity index (χ2v) is 4.70. The summed E-state index contributed by atoms with van der Waals surface area (Å²) in [6.07, 6.45) is 0. The Hall–Kier alpha value is -1.86. The van der Waals surface area contributed by atoms with Crippen LogP contribution in [0.2, 0.25) is 0 Å². The largest absolute Gasteiger partial charge is 0.334 e. The maximum absolute atomic E-state index is 13.1. The van der Waals surface area contributed by atoms with Crippen molar-refractivity contribution in [2.45, 2.75) is 6.54 Å². The van der Waals surface area contributed by atoms with E-state index in [1.54, 1.807) is 0 Å².